The van der Waals surface area contributed by atoms with Crippen LogP contribution in [0.5, 0.6) is 0 Å². The molecular formula is C11H13N3O2. The van der Waals surface area contributed by atoms with Crippen molar-refractivity contribution in [3.63, 3.8) is 0 Å². The maximum atomic E-state index is 10.7. The van der Waals surface area contributed by atoms with Crippen LogP contribution in [0, 0.1) is 0 Å². The Bertz CT molecular complexity index is 531. The van der Waals surface area contributed by atoms with E-state index in [1.54, 1.807) is 12.3 Å². The maximum Gasteiger partial charge on any atom is 0.307 e. The lowest BCUT2D eigenvalue weighted by atomic mass is 10.2. The van der Waals surface area contributed by atoms with Gasteiger partial charge in [0.1, 0.15) is 5.82 Å². The number of hydrogen-bond donors (Lipinski definition) is 2. The lowest BCUT2D eigenvalue weighted by Crippen LogP contribution is -2.01. The molecule has 0 bridgehead atoms. The molecule has 0 saturated heterocycles. The molecule has 0 spiro atoms. The molecule has 0 fully saturated rings. The summed E-state index contributed by atoms with van der Waals surface area (Å²) < 4.78 is 0. The summed E-state index contributed by atoms with van der Waals surface area (Å²) in [5.74, 6) is 0.250. The number of aliphatic carboxylic acids is 1. The van der Waals surface area contributed by atoms with Gasteiger partial charge < -0.3 is 10.1 Å². The van der Waals surface area contributed by atoms with Gasteiger partial charge in [0, 0.05) is 12.1 Å². The van der Waals surface area contributed by atoms with Gasteiger partial charge in [-0.25, -0.2) is 9.97 Å². The van der Waals surface area contributed by atoms with Crippen LogP contribution in [-0.2, 0) is 11.2 Å². The molecule has 84 valence electrons. The van der Waals surface area contributed by atoms with E-state index in [9.17, 15) is 4.79 Å². The predicted octanol–water partition coefficient (Wildman–Crippen LogP) is 1.71. The van der Waals surface area contributed by atoms with Crippen molar-refractivity contribution < 1.29 is 9.90 Å². The fourth-order valence-electron chi connectivity index (χ4n) is 1.56. The molecule has 0 aliphatic heterocycles. The summed E-state index contributed by atoms with van der Waals surface area (Å²) in [6.45, 7) is 4.04. The SMILES string of the molecule is CC(C)c1nc2nccc(CC(=O)O)c2[nH]1. The summed E-state index contributed by atoms with van der Waals surface area (Å²) in [4.78, 5) is 22.3. The molecule has 0 unspecified atom stereocenters. The zero-order valence-electron chi connectivity index (χ0n) is 9.19. The number of carboxylic acid groups (broad SMARTS) is 1. The number of nitrogens with one attached hydrogen (secondary N) is 1. The smallest absolute Gasteiger partial charge is 0.307 e. The Morgan fingerprint density at radius 3 is 2.94 bits per heavy atom. The highest BCUT2D eigenvalue weighted by atomic mass is 16.4. The molecule has 5 nitrogen and oxygen atoms in total. The number of rotatable bonds is 3. The van der Waals surface area contributed by atoms with Gasteiger partial charge in [-0.2, -0.15) is 0 Å². The molecule has 0 aliphatic carbocycles. The Kier molecular flexibility index (Phi) is 2.60. The highest BCUT2D eigenvalue weighted by molar-refractivity contribution is 5.81. The lowest BCUT2D eigenvalue weighted by molar-refractivity contribution is -0.136. The van der Waals surface area contributed by atoms with E-state index >= 15 is 0 Å². The van der Waals surface area contributed by atoms with Crippen molar-refractivity contribution in [2.24, 2.45) is 0 Å². The number of pyridine rings is 1. The fraction of sp³-hybridized carbons (Fsp3) is 0.364. The van der Waals surface area contributed by atoms with Gasteiger partial charge in [0.05, 0.1) is 11.9 Å². The molecule has 2 heterocycles. The van der Waals surface area contributed by atoms with Crippen molar-refractivity contribution in [2.45, 2.75) is 26.2 Å². The molecule has 5 heteroatoms. The number of carbonyl (C=O) groups is 1. The molecular weight excluding hydrogens is 206 g/mol. The Morgan fingerprint density at radius 1 is 1.56 bits per heavy atom. The zero-order valence-corrected chi connectivity index (χ0v) is 9.19. The minimum Gasteiger partial charge on any atom is -0.481 e. The van der Waals surface area contributed by atoms with E-state index in [4.69, 9.17) is 5.11 Å². The minimum absolute atomic E-state index is 0.0151. The zero-order chi connectivity index (χ0) is 11.7. The first-order valence-corrected chi connectivity index (χ1v) is 5.13. The van der Waals surface area contributed by atoms with Gasteiger partial charge in [0.25, 0.3) is 0 Å². The standard InChI is InChI=1S/C11H13N3O2/c1-6(2)10-13-9-7(5-8(15)16)3-4-12-11(9)14-10/h3-4,6H,5H2,1-2H3,(H,15,16)(H,12,13,14). The number of fused-ring (bicyclic) bond motifs is 1. The topological polar surface area (TPSA) is 78.9 Å². The van der Waals surface area contributed by atoms with Crippen LogP contribution in [0.1, 0.15) is 31.2 Å². The largest absolute Gasteiger partial charge is 0.481 e. The quantitative estimate of drug-likeness (QED) is 0.823. The van der Waals surface area contributed by atoms with E-state index in [0.29, 0.717) is 5.65 Å². The van der Waals surface area contributed by atoms with Crippen molar-refractivity contribution in [1.82, 2.24) is 15.0 Å². The summed E-state index contributed by atoms with van der Waals surface area (Å²) >= 11 is 0. The highest BCUT2D eigenvalue weighted by Gasteiger charge is 2.12. The number of hydrogen-bond acceptors (Lipinski definition) is 3. The molecule has 16 heavy (non-hydrogen) atoms. The summed E-state index contributed by atoms with van der Waals surface area (Å²) in [6, 6.07) is 1.71. The van der Waals surface area contributed by atoms with Gasteiger partial charge >= 0.3 is 5.97 Å². The van der Waals surface area contributed by atoms with Crippen LogP contribution in [0.3, 0.4) is 0 Å². The van der Waals surface area contributed by atoms with Crippen LogP contribution in [0.15, 0.2) is 12.3 Å². The maximum absolute atomic E-state index is 10.7. The van der Waals surface area contributed by atoms with Crippen LogP contribution >= 0.6 is 0 Å². The molecule has 2 aromatic heterocycles. The van der Waals surface area contributed by atoms with Crippen molar-refractivity contribution >= 4 is 17.1 Å². The number of imidazole rings is 1. The van der Waals surface area contributed by atoms with Crippen molar-refractivity contribution in [3.8, 4) is 0 Å². The molecule has 0 atom stereocenters. The van der Waals surface area contributed by atoms with E-state index in [1.165, 1.54) is 0 Å². The molecule has 0 saturated carbocycles. The van der Waals surface area contributed by atoms with Crippen molar-refractivity contribution in [1.29, 1.82) is 0 Å². The Morgan fingerprint density at radius 2 is 2.31 bits per heavy atom. The van der Waals surface area contributed by atoms with Crippen LogP contribution < -0.4 is 0 Å². The molecule has 0 aliphatic rings. The number of carboxylic acids is 1. The highest BCUT2D eigenvalue weighted by Crippen LogP contribution is 2.18. The first-order valence-electron chi connectivity index (χ1n) is 5.13. The van der Waals surface area contributed by atoms with Crippen LogP contribution in [0.2, 0.25) is 0 Å². The van der Waals surface area contributed by atoms with E-state index in [2.05, 4.69) is 15.0 Å². The molecule has 2 N–H and O–H groups in total. The average Bonchev–Trinajstić information content (AvgIpc) is 2.61. The molecule has 0 aromatic carbocycles. The first-order chi connectivity index (χ1) is 7.58. The summed E-state index contributed by atoms with van der Waals surface area (Å²) in [6.07, 6.45) is 1.57. The normalized spacial score (nSPS) is 11.2. The molecule has 2 rings (SSSR count). The molecule has 0 amide bonds. The summed E-state index contributed by atoms with van der Waals surface area (Å²) in [5, 5.41) is 8.79. The van der Waals surface area contributed by atoms with Crippen LogP contribution in [-0.4, -0.2) is 26.0 Å². The van der Waals surface area contributed by atoms with Gasteiger partial charge in [-0.3, -0.25) is 4.79 Å². The third-order valence-corrected chi connectivity index (χ3v) is 2.39. The first kappa shape index (κ1) is 10.6. The van der Waals surface area contributed by atoms with E-state index < -0.39 is 5.97 Å². The monoisotopic (exact) mass is 219 g/mol. The van der Waals surface area contributed by atoms with E-state index in [-0.39, 0.29) is 12.3 Å². The Hall–Kier alpha value is -1.91. The van der Waals surface area contributed by atoms with E-state index in [0.717, 1.165) is 16.9 Å². The van der Waals surface area contributed by atoms with Crippen LogP contribution in [0.25, 0.3) is 11.2 Å². The van der Waals surface area contributed by atoms with Gasteiger partial charge in [-0.1, -0.05) is 13.8 Å². The number of aromatic nitrogens is 3. The van der Waals surface area contributed by atoms with Gasteiger partial charge in [0.2, 0.25) is 0 Å². The number of H-pyrrole nitrogens is 1. The second-order valence-corrected chi connectivity index (χ2v) is 4.02. The van der Waals surface area contributed by atoms with Gasteiger partial charge in [-0.05, 0) is 11.6 Å². The lowest BCUT2D eigenvalue weighted by Gasteiger charge is -1.98. The molecule has 2 aromatic rings. The van der Waals surface area contributed by atoms with Crippen molar-refractivity contribution in [2.75, 3.05) is 0 Å². The number of nitrogens with zero attached hydrogens (tertiary/aromatic N) is 2. The fourth-order valence-corrected chi connectivity index (χ4v) is 1.56. The molecule has 0 radical (unpaired) electrons. The summed E-state index contributed by atoms with van der Waals surface area (Å²) in [5.41, 5.74) is 2.04. The second-order valence-electron chi connectivity index (χ2n) is 4.02. The predicted molar refractivity (Wildman–Crippen MR) is 59.3 cm³/mol. The Labute approximate surface area is 92.5 Å². The van der Waals surface area contributed by atoms with Crippen LogP contribution in [0.4, 0.5) is 0 Å². The average molecular weight is 219 g/mol. The van der Waals surface area contributed by atoms with E-state index in [1.807, 2.05) is 13.8 Å². The van der Waals surface area contributed by atoms with Crippen molar-refractivity contribution in [3.05, 3.63) is 23.7 Å². The summed E-state index contributed by atoms with van der Waals surface area (Å²) in [7, 11) is 0. The minimum atomic E-state index is -0.854. The van der Waals surface area contributed by atoms with Gasteiger partial charge in [0.15, 0.2) is 5.65 Å². The van der Waals surface area contributed by atoms with Gasteiger partial charge in [-0.15, -0.1) is 0 Å². The number of aromatic amines is 1. The Balaban J connectivity index is 2.54. The second kappa shape index (κ2) is 3.92. The third kappa shape index (κ3) is 1.88. The third-order valence-electron chi connectivity index (χ3n) is 2.39.